The smallest absolute Gasteiger partial charge is 0.191 e. The standard InChI is InChI=1S/C12H14O4S/c1-16-10-4-2-5-11(8-10)17(14,15)12(9-13)6-3-7-12/h2,4-5,8-9H,3,6-7H2,1H3. The molecule has 0 unspecified atom stereocenters. The van der Waals surface area contributed by atoms with E-state index in [2.05, 4.69) is 0 Å². The van der Waals surface area contributed by atoms with Crippen LogP contribution < -0.4 is 4.74 Å². The average molecular weight is 254 g/mol. The van der Waals surface area contributed by atoms with Crippen LogP contribution in [0.4, 0.5) is 0 Å². The van der Waals surface area contributed by atoms with Gasteiger partial charge in [-0.3, -0.25) is 0 Å². The molecule has 0 atom stereocenters. The lowest BCUT2D eigenvalue weighted by molar-refractivity contribution is -0.111. The maximum absolute atomic E-state index is 12.3. The molecule has 0 heterocycles. The van der Waals surface area contributed by atoms with E-state index in [9.17, 15) is 13.2 Å². The summed E-state index contributed by atoms with van der Waals surface area (Å²) in [6, 6.07) is 6.25. The summed E-state index contributed by atoms with van der Waals surface area (Å²) in [6.45, 7) is 0. The number of methoxy groups -OCH3 is 1. The first kappa shape index (κ1) is 12.1. The molecule has 0 radical (unpaired) electrons. The second-order valence-electron chi connectivity index (χ2n) is 4.22. The topological polar surface area (TPSA) is 60.4 Å². The Hall–Kier alpha value is -1.36. The van der Waals surface area contributed by atoms with Crippen molar-refractivity contribution in [3.63, 3.8) is 0 Å². The summed E-state index contributed by atoms with van der Waals surface area (Å²) in [5.41, 5.74) is 0. The quantitative estimate of drug-likeness (QED) is 0.765. The number of ether oxygens (including phenoxy) is 1. The van der Waals surface area contributed by atoms with Crippen LogP contribution in [-0.4, -0.2) is 26.6 Å². The Morgan fingerprint density at radius 3 is 2.53 bits per heavy atom. The molecular formula is C12H14O4S. The minimum absolute atomic E-state index is 0.156. The van der Waals surface area contributed by atoms with Crippen molar-refractivity contribution in [3.8, 4) is 5.75 Å². The van der Waals surface area contributed by atoms with Gasteiger partial charge in [0.25, 0.3) is 0 Å². The van der Waals surface area contributed by atoms with Gasteiger partial charge in [-0.1, -0.05) is 6.07 Å². The molecule has 0 saturated heterocycles. The van der Waals surface area contributed by atoms with E-state index in [0.29, 0.717) is 24.9 Å². The third-order valence-electron chi connectivity index (χ3n) is 3.30. The van der Waals surface area contributed by atoms with E-state index >= 15 is 0 Å². The zero-order valence-corrected chi connectivity index (χ0v) is 10.4. The highest BCUT2D eigenvalue weighted by Crippen LogP contribution is 2.41. The molecule has 4 nitrogen and oxygen atoms in total. The van der Waals surface area contributed by atoms with E-state index in [1.165, 1.54) is 19.2 Å². The molecule has 92 valence electrons. The third kappa shape index (κ3) is 1.74. The molecule has 1 aromatic rings. The highest BCUT2D eigenvalue weighted by Gasteiger charge is 2.49. The van der Waals surface area contributed by atoms with Crippen molar-refractivity contribution >= 4 is 16.1 Å². The van der Waals surface area contributed by atoms with Crippen LogP contribution >= 0.6 is 0 Å². The van der Waals surface area contributed by atoms with Crippen molar-refractivity contribution in [2.45, 2.75) is 28.9 Å². The fourth-order valence-electron chi connectivity index (χ4n) is 1.98. The number of sulfone groups is 1. The Labute approximate surface area is 101 Å². The summed E-state index contributed by atoms with van der Waals surface area (Å²) >= 11 is 0. The number of hydrogen-bond donors (Lipinski definition) is 0. The van der Waals surface area contributed by atoms with Crippen LogP contribution in [0.5, 0.6) is 5.75 Å². The SMILES string of the molecule is COc1cccc(S(=O)(=O)C2(C=O)CCC2)c1. The number of rotatable bonds is 4. The number of carbonyl (C=O) groups excluding carboxylic acids is 1. The van der Waals surface area contributed by atoms with Gasteiger partial charge in [-0.15, -0.1) is 0 Å². The van der Waals surface area contributed by atoms with Gasteiger partial charge in [-0.05, 0) is 37.5 Å². The van der Waals surface area contributed by atoms with Crippen molar-refractivity contribution in [1.82, 2.24) is 0 Å². The molecule has 1 fully saturated rings. The number of benzene rings is 1. The molecule has 17 heavy (non-hydrogen) atoms. The third-order valence-corrected chi connectivity index (χ3v) is 5.75. The zero-order chi connectivity index (χ0) is 12.5. The van der Waals surface area contributed by atoms with Crippen LogP contribution in [0, 0.1) is 0 Å². The van der Waals surface area contributed by atoms with E-state index < -0.39 is 14.6 Å². The van der Waals surface area contributed by atoms with Gasteiger partial charge in [-0.25, -0.2) is 8.42 Å². The molecule has 0 N–H and O–H groups in total. The Kier molecular flexibility index (Phi) is 2.95. The predicted molar refractivity (Wildman–Crippen MR) is 62.8 cm³/mol. The van der Waals surface area contributed by atoms with Crippen LogP contribution in [0.3, 0.4) is 0 Å². The largest absolute Gasteiger partial charge is 0.497 e. The van der Waals surface area contributed by atoms with Gasteiger partial charge in [0.05, 0.1) is 12.0 Å². The van der Waals surface area contributed by atoms with Crippen molar-refractivity contribution in [2.24, 2.45) is 0 Å². The summed E-state index contributed by atoms with van der Waals surface area (Å²) in [6.07, 6.45) is 2.18. The van der Waals surface area contributed by atoms with Crippen LogP contribution in [0.1, 0.15) is 19.3 Å². The van der Waals surface area contributed by atoms with Gasteiger partial charge in [0.1, 0.15) is 16.8 Å². The number of carbonyl (C=O) groups is 1. The summed E-state index contributed by atoms with van der Waals surface area (Å²) in [5.74, 6) is 0.478. The minimum Gasteiger partial charge on any atom is -0.497 e. The molecular weight excluding hydrogens is 240 g/mol. The Morgan fingerprint density at radius 2 is 2.06 bits per heavy atom. The van der Waals surface area contributed by atoms with E-state index in [0.717, 1.165) is 6.42 Å². The van der Waals surface area contributed by atoms with Crippen LogP contribution in [0.15, 0.2) is 29.2 Å². The van der Waals surface area contributed by atoms with Crippen LogP contribution in [-0.2, 0) is 14.6 Å². The van der Waals surface area contributed by atoms with Gasteiger partial charge in [0.15, 0.2) is 9.84 Å². The summed E-state index contributed by atoms with van der Waals surface area (Å²) in [4.78, 5) is 11.2. The van der Waals surface area contributed by atoms with Gasteiger partial charge >= 0.3 is 0 Å². The second-order valence-corrected chi connectivity index (χ2v) is 6.51. The monoisotopic (exact) mass is 254 g/mol. The highest BCUT2D eigenvalue weighted by molar-refractivity contribution is 7.93. The normalized spacial score (nSPS) is 18.2. The first-order valence-corrected chi connectivity index (χ1v) is 6.89. The van der Waals surface area contributed by atoms with Gasteiger partial charge in [-0.2, -0.15) is 0 Å². The molecule has 0 aromatic heterocycles. The lowest BCUT2D eigenvalue weighted by Crippen LogP contribution is -2.46. The number of aldehydes is 1. The maximum Gasteiger partial charge on any atom is 0.191 e. The van der Waals surface area contributed by atoms with Crippen molar-refractivity contribution < 1.29 is 17.9 Å². The molecule has 0 bridgehead atoms. The molecule has 1 aliphatic carbocycles. The van der Waals surface area contributed by atoms with Crippen molar-refractivity contribution in [3.05, 3.63) is 24.3 Å². The van der Waals surface area contributed by atoms with Crippen molar-refractivity contribution in [2.75, 3.05) is 7.11 Å². The van der Waals surface area contributed by atoms with E-state index in [4.69, 9.17) is 4.74 Å². The van der Waals surface area contributed by atoms with E-state index in [1.807, 2.05) is 0 Å². The van der Waals surface area contributed by atoms with Crippen molar-refractivity contribution in [1.29, 1.82) is 0 Å². The Morgan fingerprint density at radius 1 is 1.35 bits per heavy atom. The number of hydrogen-bond acceptors (Lipinski definition) is 4. The molecule has 0 aliphatic heterocycles. The van der Waals surface area contributed by atoms with Gasteiger partial charge in [0, 0.05) is 0 Å². The molecule has 5 heteroatoms. The molecule has 2 rings (SSSR count). The van der Waals surface area contributed by atoms with Gasteiger partial charge < -0.3 is 9.53 Å². The average Bonchev–Trinajstić information content (AvgIpc) is 2.28. The molecule has 1 aliphatic rings. The van der Waals surface area contributed by atoms with Gasteiger partial charge in [0.2, 0.25) is 0 Å². The fraction of sp³-hybridized carbons (Fsp3) is 0.417. The lowest BCUT2D eigenvalue weighted by atomic mass is 9.86. The van der Waals surface area contributed by atoms with E-state index in [-0.39, 0.29) is 4.90 Å². The predicted octanol–water partition coefficient (Wildman–Crippen LogP) is 1.59. The Bertz CT molecular complexity index is 529. The first-order chi connectivity index (χ1) is 8.05. The second kappa shape index (κ2) is 4.14. The summed E-state index contributed by atoms with van der Waals surface area (Å²) < 4.78 is 28.5. The summed E-state index contributed by atoms with van der Waals surface area (Å²) in [5, 5.41) is 0. The molecule has 1 aromatic carbocycles. The van der Waals surface area contributed by atoms with Crippen LogP contribution in [0.25, 0.3) is 0 Å². The first-order valence-electron chi connectivity index (χ1n) is 5.41. The molecule has 0 spiro atoms. The van der Waals surface area contributed by atoms with Crippen LogP contribution in [0.2, 0.25) is 0 Å². The Balaban J connectivity index is 2.47. The fourth-order valence-corrected chi connectivity index (χ4v) is 3.93. The highest BCUT2D eigenvalue weighted by atomic mass is 32.2. The summed E-state index contributed by atoms with van der Waals surface area (Å²) in [7, 11) is -2.12. The lowest BCUT2D eigenvalue weighted by Gasteiger charge is -2.35. The van der Waals surface area contributed by atoms with E-state index in [1.54, 1.807) is 12.1 Å². The maximum atomic E-state index is 12.3. The minimum atomic E-state index is -3.59. The zero-order valence-electron chi connectivity index (χ0n) is 9.55. The molecule has 1 saturated carbocycles. The molecule has 0 amide bonds.